The third kappa shape index (κ3) is 4.64. The van der Waals surface area contributed by atoms with E-state index >= 15 is 0 Å². The van der Waals surface area contributed by atoms with Crippen LogP contribution in [0, 0.1) is 0 Å². The van der Waals surface area contributed by atoms with Gasteiger partial charge in [0.05, 0.1) is 5.70 Å². The number of ketones is 1. The second-order valence-corrected chi connectivity index (χ2v) is 9.70. The number of halogens is 1. The second-order valence-electron chi connectivity index (χ2n) is 9.26. The zero-order chi connectivity index (χ0) is 25.9. The van der Waals surface area contributed by atoms with Crippen LogP contribution < -0.4 is 5.32 Å². The maximum atomic E-state index is 13.7. The Morgan fingerprint density at radius 3 is 2.16 bits per heavy atom. The molecule has 5 aromatic rings. The molecule has 0 fully saturated rings. The lowest BCUT2D eigenvalue weighted by molar-refractivity contribution is 0.0976. The average Bonchev–Trinajstić information content (AvgIpc) is 3.45. The van der Waals surface area contributed by atoms with E-state index in [1.807, 2.05) is 95.7 Å². The molecule has 2 atom stereocenters. The van der Waals surface area contributed by atoms with Gasteiger partial charge in [-0.15, -0.1) is 0 Å². The Balaban J connectivity index is 1.60. The van der Waals surface area contributed by atoms with Crippen LogP contribution in [0.15, 0.2) is 127 Å². The second kappa shape index (κ2) is 10.5. The van der Waals surface area contributed by atoms with Crippen molar-refractivity contribution in [3.05, 3.63) is 154 Å². The molecule has 4 aromatic carbocycles. The number of Topliss-reactive ketones (excluding diaryl/α,β-unsaturated/α-hetero) is 1. The maximum absolute atomic E-state index is 13.7. The van der Waals surface area contributed by atoms with Crippen LogP contribution in [0.2, 0.25) is 5.02 Å². The summed E-state index contributed by atoms with van der Waals surface area (Å²) in [7, 11) is 0. The van der Waals surface area contributed by atoms with Gasteiger partial charge in [-0.1, -0.05) is 115 Å². The smallest absolute Gasteiger partial charge is 0.226 e. The van der Waals surface area contributed by atoms with Crippen molar-refractivity contribution in [1.82, 2.24) is 14.8 Å². The van der Waals surface area contributed by atoms with E-state index in [1.165, 1.54) is 0 Å². The summed E-state index contributed by atoms with van der Waals surface area (Å²) in [6.07, 6.45) is 1.85. The van der Waals surface area contributed by atoms with Crippen molar-refractivity contribution in [3.8, 4) is 0 Å². The standard InChI is InChI=1S/C32H25ClN4O/c33-26-18-16-22(17-19-26)27(20-28(38)23-10-4-1-5-11-23)29-30(24-12-6-2-7-13-24)36-32-34-21-35-37(32)31(29)25-14-8-3-9-15-25/h1-19,21,27,31H,20H2,(H,34,35,36). The van der Waals surface area contributed by atoms with Gasteiger partial charge in [-0.25, -0.2) is 4.68 Å². The van der Waals surface area contributed by atoms with Crippen LogP contribution in [0.25, 0.3) is 5.70 Å². The highest BCUT2D eigenvalue weighted by atomic mass is 35.5. The van der Waals surface area contributed by atoms with Gasteiger partial charge in [0.2, 0.25) is 5.95 Å². The van der Waals surface area contributed by atoms with Crippen LogP contribution in [0.1, 0.15) is 45.4 Å². The molecule has 1 aliphatic heterocycles. The number of nitrogens with one attached hydrogen (secondary N) is 1. The zero-order valence-corrected chi connectivity index (χ0v) is 21.3. The molecule has 0 saturated carbocycles. The fourth-order valence-corrected chi connectivity index (χ4v) is 5.30. The van der Waals surface area contributed by atoms with Gasteiger partial charge >= 0.3 is 0 Å². The lowest BCUT2D eigenvalue weighted by Crippen LogP contribution is -2.29. The summed E-state index contributed by atoms with van der Waals surface area (Å²) in [5.41, 5.74) is 5.76. The van der Waals surface area contributed by atoms with Gasteiger partial charge < -0.3 is 5.32 Å². The number of fused-ring (bicyclic) bond motifs is 1. The summed E-state index contributed by atoms with van der Waals surface area (Å²) < 4.78 is 1.91. The Labute approximate surface area is 226 Å². The van der Waals surface area contributed by atoms with Crippen molar-refractivity contribution in [1.29, 1.82) is 0 Å². The molecule has 0 amide bonds. The molecule has 6 rings (SSSR count). The Morgan fingerprint density at radius 2 is 1.47 bits per heavy atom. The zero-order valence-electron chi connectivity index (χ0n) is 20.5. The number of hydrogen-bond acceptors (Lipinski definition) is 4. The van der Waals surface area contributed by atoms with E-state index in [2.05, 4.69) is 39.7 Å². The number of hydrogen-bond donors (Lipinski definition) is 1. The Hall–Kier alpha value is -4.48. The van der Waals surface area contributed by atoms with Crippen LogP contribution >= 0.6 is 11.6 Å². The molecule has 1 aromatic heterocycles. The van der Waals surface area contributed by atoms with Gasteiger partial charge in [0.1, 0.15) is 12.4 Å². The average molecular weight is 517 g/mol. The Bertz CT molecular complexity index is 1580. The summed E-state index contributed by atoms with van der Waals surface area (Å²) in [5.74, 6) is 0.470. The summed E-state index contributed by atoms with van der Waals surface area (Å²) >= 11 is 6.29. The predicted molar refractivity (Wildman–Crippen MR) is 151 cm³/mol. The lowest BCUT2D eigenvalue weighted by Gasteiger charge is -2.35. The third-order valence-electron chi connectivity index (χ3n) is 6.95. The van der Waals surface area contributed by atoms with Crippen molar-refractivity contribution in [2.75, 3.05) is 5.32 Å². The molecule has 6 heteroatoms. The molecule has 2 unspecified atom stereocenters. The molecule has 186 valence electrons. The van der Waals surface area contributed by atoms with E-state index in [9.17, 15) is 4.79 Å². The number of nitrogens with zero attached hydrogens (tertiary/aromatic N) is 3. The van der Waals surface area contributed by atoms with Gasteiger partial charge in [-0.2, -0.15) is 10.1 Å². The molecule has 2 heterocycles. The van der Waals surface area contributed by atoms with Crippen molar-refractivity contribution in [3.63, 3.8) is 0 Å². The molecule has 0 bridgehead atoms. The monoisotopic (exact) mass is 516 g/mol. The number of allylic oxidation sites excluding steroid dienone is 1. The molecule has 0 aliphatic carbocycles. The van der Waals surface area contributed by atoms with Crippen molar-refractivity contribution >= 4 is 29.0 Å². The van der Waals surface area contributed by atoms with Crippen LogP contribution in [0.5, 0.6) is 0 Å². The molecule has 0 saturated heterocycles. The number of aromatic nitrogens is 3. The minimum absolute atomic E-state index is 0.0710. The van der Waals surface area contributed by atoms with Crippen LogP contribution in [0.3, 0.4) is 0 Å². The van der Waals surface area contributed by atoms with E-state index in [1.54, 1.807) is 6.33 Å². The summed E-state index contributed by atoms with van der Waals surface area (Å²) in [5, 5.41) is 8.82. The lowest BCUT2D eigenvalue weighted by atomic mass is 9.77. The van der Waals surface area contributed by atoms with Gasteiger partial charge in [-0.3, -0.25) is 4.79 Å². The SMILES string of the molecule is O=C(CC(C1=C(c2ccccc2)Nc2ncnn2C1c1ccccc1)c1ccc(Cl)cc1)c1ccccc1. The largest absolute Gasteiger partial charge is 0.324 e. The van der Waals surface area contributed by atoms with Crippen molar-refractivity contribution < 1.29 is 4.79 Å². The first-order valence-corrected chi connectivity index (χ1v) is 12.9. The number of carbonyl (C=O) groups is 1. The van der Waals surface area contributed by atoms with Gasteiger partial charge in [0.25, 0.3) is 0 Å². The topological polar surface area (TPSA) is 59.8 Å². The Kier molecular flexibility index (Phi) is 6.59. The minimum Gasteiger partial charge on any atom is -0.324 e. The maximum Gasteiger partial charge on any atom is 0.226 e. The van der Waals surface area contributed by atoms with Gasteiger partial charge in [0, 0.05) is 22.9 Å². The highest BCUT2D eigenvalue weighted by Gasteiger charge is 2.37. The quantitative estimate of drug-likeness (QED) is 0.229. The van der Waals surface area contributed by atoms with Crippen molar-refractivity contribution in [2.24, 2.45) is 0 Å². The molecule has 1 N–H and O–H groups in total. The highest BCUT2D eigenvalue weighted by Crippen LogP contribution is 2.46. The third-order valence-corrected chi connectivity index (χ3v) is 7.20. The van der Waals surface area contributed by atoms with E-state index in [0.717, 1.165) is 28.0 Å². The van der Waals surface area contributed by atoms with E-state index in [0.29, 0.717) is 16.5 Å². The first-order valence-electron chi connectivity index (χ1n) is 12.5. The van der Waals surface area contributed by atoms with Gasteiger partial charge in [-0.05, 0) is 34.4 Å². The molecule has 38 heavy (non-hydrogen) atoms. The first kappa shape index (κ1) is 23.9. The van der Waals surface area contributed by atoms with Crippen LogP contribution in [-0.2, 0) is 0 Å². The predicted octanol–water partition coefficient (Wildman–Crippen LogP) is 7.41. The number of carbonyl (C=O) groups excluding carboxylic acids is 1. The molecular formula is C32H25ClN4O. The molecular weight excluding hydrogens is 492 g/mol. The molecule has 0 spiro atoms. The van der Waals surface area contributed by atoms with E-state index in [-0.39, 0.29) is 24.2 Å². The Morgan fingerprint density at radius 1 is 0.842 bits per heavy atom. The van der Waals surface area contributed by atoms with E-state index in [4.69, 9.17) is 11.6 Å². The number of rotatable bonds is 7. The summed E-state index contributed by atoms with van der Waals surface area (Å²) in [4.78, 5) is 18.2. The van der Waals surface area contributed by atoms with E-state index < -0.39 is 0 Å². The summed E-state index contributed by atoms with van der Waals surface area (Å²) in [6, 6.07) is 37.4. The fourth-order valence-electron chi connectivity index (χ4n) is 5.18. The van der Waals surface area contributed by atoms with Gasteiger partial charge in [0.15, 0.2) is 5.78 Å². The molecule has 1 aliphatic rings. The molecule has 5 nitrogen and oxygen atoms in total. The normalized spacial score (nSPS) is 15.4. The first-order chi connectivity index (χ1) is 18.7. The van der Waals surface area contributed by atoms with Crippen LogP contribution in [0.4, 0.5) is 5.95 Å². The number of anilines is 1. The summed E-state index contributed by atoms with van der Waals surface area (Å²) in [6.45, 7) is 0. The minimum atomic E-state index is -0.269. The highest BCUT2D eigenvalue weighted by molar-refractivity contribution is 6.30. The number of benzene rings is 4. The molecule has 0 radical (unpaired) electrons. The van der Waals surface area contributed by atoms with Crippen molar-refractivity contribution in [2.45, 2.75) is 18.4 Å². The fraction of sp³-hybridized carbons (Fsp3) is 0.0938. The van der Waals surface area contributed by atoms with Crippen LogP contribution in [-0.4, -0.2) is 20.5 Å².